The number of nitrogens with zero attached hydrogens (tertiary/aromatic N) is 3. The normalized spacial score (nSPS) is 14.1. The number of benzene rings is 2. The lowest BCUT2D eigenvalue weighted by Crippen LogP contribution is -2.42. The summed E-state index contributed by atoms with van der Waals surface area (Å²) in [6, 6.07) is 15.6. The summed E-state index contributed by atoms with van der Waals surface area (Å²) in [4.78, 5) is 16.7. The van der Waals surface area contributed by atoms with Crippen molar-refractivity contribution in [2.45, 2.75) is 38.7 Å². The molecule has 0 fully saturated rings. The fourth-order valence-electron chi connectivity index (χ4n) is 3.43. The van der Waals surface area contributed by atoms with Crippen molar-refractivity contribution < 1.29 is 22.7 Å². The third-order valence-corrected chi connectivity index (χ3v) is 7.87. The molecule has 1 amide bonds. The summed E-state index contributed by atoms with van der Waals surface area (Å²) in [5.74, 6) is -0.691. The van der Waals surface area contributed by atoms with Crippen molar-refractivity contribution in [1.82, 2.24) is 20.5 Å². The van der Waals surface area contributed by atoms with E-state index in [2.05, 4.69) is 20.5 Å². The van der Waals surface area contributed by atoms with Gasteiger partial charge >= 0.3 is 0 Å². The second-order valence-electron chi connectivity index (χ2n) is 9.33. The van der Waals surface area contributed by atoms with Crippen LogP contribution in [0.15, 0.2) is 52.9 Å². The molecule has 2 aromatic carbocycles. The Hall–Kier alpha value is -3.15. The van der Waals surface area contributed by atoms with Crippen LogP contribution in [0, 0.1) is 5.41 Å². The quantitative estimate of drug-likeness (QED) is 0.383. The molecule has 0 aliphatic rings. The average molecular weight is 515 g/mol. The zero-order chi connectivity index (χ0) is 25.4. The first kappa shape index (κ1) is 25.0. The molecule has 2 atom stereocenters. The number of aliphatic hydroxyl groups is 1. The summed E-state index contributed by atoms with van der Waals surface area (Å²) in [6.07, 6.45) is -0.137. The maximum Gasteiger partial charge on any atom is 0.249 e. The van der Waals surface area contributed by atoms with Crippen LogP contribution in [0.4, 0.5) is 0 Å². The van der Waals surface area contributed by atoms with Crippen molar-refractivity contribution in [2.24, 2.45) is 5.41 Å². The average Bonchev–Trinajstić information content (AvgIpc) is 3.42. The molecule has 184 valence electrons. The molecule has 0 aliphatic carbocycles. The molecular formula is C24H26N4O5S2. The van der Waals surface area contributed by atoms with Crippen LogP contribution in [-0.4, -0.2) is 47.0 Å². The van der Waals surface area contributed by atoms with E-state index >= 15 is 0 Å². The third-order valence-electron chi connectivity index (χ3n) is 5.35. The van der Waals surface area contributed by atoms with Crippen molar-refractivity contribution in [1.29, 1.82) is 0 Å². The molecule has 0 saturated heterocycles. The van der Waals surface area contributed by atoms with E-state index in [1.54, 1.807) is 20.8 Å². The number of carbonyl (C=O) groups is 1. The van der Waals surface area contributed by atoms with E-state index in [1.807, 2.05) is 48.5 Å². The van der Waals surface area contributed by atoms with Crippen molar-refractivity contribution in [3.05, 3.63) is 65.3 Å². The molecule has 0 saturated carbocycles. The highest BCUT2D eigenvalue weighted by Crippen LogP contribution is 2.36. The van der Waals surface area contributed by atoms with Crippen LogP contribution in [0.25, 0.3) is 21.3 Å². The first-order chi connectivity index (χ1) is 16.4. The minimum Gasteiger partial charge on any atom is -0.421 e. The number of rotatable bonds is 7. The van der Waals surface area contributed by atoms with Crippen LogP contribution in [0.3, 0.4) is 0 Å². The zero-order valence-corrected chi connectivity index (χ0v) is 21.4. The van der Waals surface area contributed by atoms with Crippen molar-refractivity contribution in [3.8, 4) is 11.1 Å². The first-order valence-electron chi connectivity index (χ1n) is 10.9. The van der Waals surface area contributed by atoms with Gasteiger partial charge in [0.1, 0.15) is 11.1 Å². The lowest BCUT2D eigenvalue weighted by molar-refractivity contribution is -0.134. The van der Waals surface area contributed by atoms with E-state index in [0.717, 1.165) is 22.1 Å². The summed E-state index contributed by atoms with van der Waals surface area (Å²) >= 11 is 1.25. The minimum atomic E-state index is -3.71. The number of amides is 1. The summed E-state index contributed by atoms with van der Waals surface area (Å²) in [7, 11) is -3.71. The molecule has 2 aromatic heterocycles. The largest absolute Gasteiger partial charge is 0.421 e. The van der Waals surface area contributed by atoms with Crippen LogP contribution in [0.2, 0.25) is 0 Å². The van der Waals surface area contributed by atoms with Crippen molar-refractivity contribution in [3.63, 3.8) is 0 Å². The van der Waals surface area contributed by atoms with Crippen LogP contribution in [-0.2, 0) is 21.2 Å². The van der Waals surface area contributed by atoms with E-state index in [9.17, 15) is 18.3 Å². The molecule has 0 bridgehead atoms. The van der Waals surface area contributed by atoms with Gasteiger partial charge in [-0.3, -0.25) is 4.79 Å². The minimum absolute atomic E-state index is 0.0237. The summed E-state index contributed by atoms with van der Waals surface area (Å²) in [6.45, 7) is 5.06. The number of aromatic nitrogens is 3. The number of hydrogen-bond donors (Lipinski definition) is 2. The zero-order valence-electron chi connectivity index (χ0n) is 19.7. The molecule has 9 nitrogen and oxygen atoms in total. The molecule has 35 heavy (non-hydrogen) atoms. The highest BCUT2D eigenvalue weighted by molar-refractivity contribution is 7.91. The van der Waals surface area contributed by atoms with Gasteiger partial charge in [-0.05, 0) is 28.7 Å². The van der Waals surface area contributed by atoms with E-state index in [-0.39, 0.29) is 18.3 Å². The summed E-state index contributed by atoms with van der Waals surface area (Å²) in [5, 5.41) is 19.5. The standard InChI is InChI=1S/C24H26N4O5S2/c1-24(2,3)20(29)21(30)25-13-18-27-28-22(33-18)19(35(4,31)32)23-26-16-11-10-15(12-17(16)34-23)14-8-6-5-7-9-14/h5-12,19-20,29H,13H2,1-4H3,(H,25,30)/t19?,20-/m1/s1. The Bertz CT molecular complexity index is 1460. The third kappa shape index (κ3) is 5.58. The Morgan fingerprint density at radius 1 is 1.11 bits per heavy atom. The van der Waals surface area contributed by atoms with Crippen molar-refractivity contribution >= 4 is 37.3 Å². The van der Waals surface area contributed by atoms with Gasteiger partial charge < -0.3 is 14.8 Å². The van der Waals surface area contributed by atoms with Gasteiger partial charge in [0.25, 0.3) is 0 Å². The summed E-state index contributed by atoms with van der Waals surface area (Å²) < 4.78 is 31.8. The molecule has 0 aliphatic heterocycles. The Morgan fingerprint density at radius 2 is 1.83 bits per heavy atom. The highest BCUT2D eigenvalue weighted by Gasteiger charge is 2.34. The number of fused-ring (bicyclic) bond motifs is 1. The number of aliphatic hydroxyl groups excluding tert-OH is 1. The SMILES string of the molecule is CC(C)(C)[C@H](O)C(=O)NCc1nnc(C(c2nc3ccc(-c4ccccc4)cc3s2)S(C)(=O)=O)o1. The molecule has 2 heterocycles. The van der Waals surface area contributed by atoms with Gasteiger partial charge in [0, 0.05) is 6.26 Å². The van der Waals surface area contributed by atoms with Crippen LogP contribution in [0.5, 0.6) is 0 Å². The molecule has 0 radical (unpaired) electrons. The fourth-order valence-corrected chi connectivity index (χ4v) is 5.96. The summed E-state index contributed by atoms with van der Waals surface area (Å²) in [5.41, 5.74) is 2.07. The Kier molecular flexibility index (Phi) is 6.76. The second-order valence-corrected chi connectivity index (χ2v) is 12.5. The van der Waals surface area contributed by atoms with Crippen LogP contribution in [0.1, 0.15) is 42.8 Å². The fraction of sp³-hybridized carbons (Fsp3) is 0.333. The van der Waals surface area contributed by atoms with Gasteiger partial charge in [-0.2, -0.15) is 0 Å². The molecule has 0 spiro atoms. The highest BCUT2D eigenvalue weighted by atomic mass is 32.2. The molecule has 4 rings (SSSR count). The number of sulfone groups is 1. The molecule has 4 aromatic rings. The smallest absolute Gasteiger partial charge is 0.249 e. The number of thiazole rings is 1. The van der Waals surface area contributed by atoms with E-state index in [1.165, 1.54) is 11.3 Å². The van der Waals surface area contributed by atoms with Gasteiger partial charge in [0.2, 0.25) is 17.7 Å². The number of hydrogen-bond acceptors (Lipinski definition) is 9. The molecule has 11 heteroatoms. The van der Waals surface area contributed by atoms with Crippen molar-refractivity contribution in [2.75, 3.05) is 6.26 Å². The van der Waals surface area contributed by atoms with Crippen LogP contribution >= 0.6 is 11.3 Å². The molecule has 1 unspecified atom stereocenters. The second kappa shape index (κ2) is 9.48. The van der Waals surface area contributed by atoms with Gasteiger partial charge in [0.05, 0.1) is 16.8 Å². The topological polar surface area (TPSA) is 135 Å². The van der Waals surface area contributed by atoms with Gasteiger partial charge in [-0.1, -0.05) is 57.2 Å². The Balaban J connectivity index is 1.60. The van der Waals surface area contributed by atoms with Crippen LogP contribution < -0.4 is 5.32 Å². The molecule has 2 N–H and O–H groups in total. The lowest BCUT2D eigenvalue weighted by Gasteiger charge is -2.24. The lowest BCUT2D eigenvalue weighted by atomic mass is 9.89. The predicted octanol–water partition coefficient (Wildman–Crippen LogP) is 3.50. The number of carbonyl (C=O) groups excluding carboxylic acids is 1. The van der Waals surface area contributed by atoms with Gasteiger partial charge in [-0.25, -0.2) is 13.4 Å². The van der Waals surface area contributed by atoms with E-state index in [0.29, 0.717) is 10.5 Å². The Morgan fingerprint density at radius 3 is 2.49 bits per heavy atom. The Labute approximate surface area is 207 Å². The van der Waals surface area contributed by atoms with E-state index < -0.39 is 32.5 Å². The monoisotopic (exact) mass is 514 g/mol. The maximum atomic E-state index is 12.7. The maximum absolute atomic E-state index is 12.7. The predicted molar refractivity (Wildman–Crippen MR) is 133 cm³/mol. The van der Waals surface area contributed by atoms with Gasteiger partial charge in [-0.15, -0.1) is 21.5 Å². The first-order valence-corrected chi connectivity index (χ1v) is 13.6. The van der Waals surface area contributed by atoms with Gasteiger partial charge in [0.15, 0.2) is 15.1 Å². The number of nitrogens with one attached hydrogen (secondary N) is 1. The molecular weight excluding hydrogens is 488 g/mol. The van der Waals surface area contributed by atoms with E-state index in [4.69, 9.17) is 4.42 Å².